The van der Waals surface area contributed by atoms with Crippen molar-refractivity contribution in [3.63, 3.8) is 0 Å². The molecule has 0 atom stereocenters. The van der Waals surface area contributed by atoms with E-state index in [0.717, 1.165) is 29.0 Å². The van der Waals surface area contributed by atoms with Crippen molar-refractivity contribution in [2.24, 2.45) is 0 Å². The number of hydrogen-bond acceptors (Lipinski definition) is 4. The van der Waals surface area contributed by atoms with Crippen LogP contribution < -0.4 is 5.56 Å². The lowest BCUT2D eigenvalue weighted by Gasteiger charge is -2.20. The molecule has 1 heterocycles. The lowest BCUT2D eigenvalue weighted by atomic mass is 10.2. The fraction of sp³-hybridized carbons (Fsp3) is 0.368. The van der Waals surface area contributed by atoms with Crippen LogP contribution in [0.1, 0.15) is 19.4 Å². The molecular weight excluding hydrogens is 404 g/mol. The molecule has 0 aliphatic rings. The lowest BCUT2D eigenvalue weighted by molar-refractivity contribution is -0.131. The number of pyridine rings is 1. The van der Waals surface area contributed by atoms with Gasteiger partial charge in [-0.05, 0) is 23.8 Å². The minimum Gasteiger partial charge on any atom is -0.340 e. The van der Waals surface area contributed by atoms with E-state index < -0.39 is 33.1 Å². The Morgan fingerprint density at radius 1 is 1.07 bits per heavy atom. The molecule has 0 fully saturated rings. The maximum atomic E-state index is 13.3. The zero-order valence-electron chi connectivity index (χ0n) is 16.4. The molecular formula is C19H23F2N3O4S. The Morgan fingerprint density at radius 2 is 1.72 bits per heavy atom. The highest BCUT2D eigenvalue weighted by Crippen LogP contribution is 2.14. The minimum atomic E-state index is -3.78. The van der Waals surface area contributed by atoms with Gasteiger partial charge in [-0.2, -0.15) is 4.31 Å². The Hall–Kier alpha value is -2.59. The van der Waals surface area contributed by atoms with E-state index in [4.69, 9.17) is 0 Å². The van der Waals surface area contributed by atoms with Crippen LogP contribution in [-0.2, 0) is 27.9 Å². The Kier molecular flexibility index (Phi) is 7.26. The van der Waals surface area contributed by atoms with Crippen LogP contribution in [0.15, 0.2) is 46.2 Å². The maximum absolute atomic E-state index is 13.3. The summed E-state index contributed by atoms with van der Waals surface area (Å²) in [5, 5.41) is 0. The molecule has 0 saturated heterocycles. The second-order valence-electron chi connectivity index (χ2n) is 6.42. The minimum absolute atomic E-state index is 0.00220. The first-order valence-electron chi connectivity index (χ1n) is 8.98. The van der Waals surface area contributed by atoms with Crippen LogP contribution in [0.25, 0.3) is 0 Å². The van der Waals surface area contributed by atoms with Gasteiger partial charge in [-0.25, -0.2) is 17.2 Å². The van der Waals surface area contributed by atoms with Gasteiger partial charge in [0.25, 0.3) is 5.56 Å². The van der Waals surface area contributed by atoms with Crippen molar-refractivity contribution in [1.82, 2.24) is 13.8 Å². The van der Waals surface area contributed by atoms with Crippen molar-refractivity contribution in [1.29, 1.82) is 0 Å². The number of carbonyl (C=O) groups excluding carboxylic acids is 1. The first kappa shape index (κ1) is 22.7. The molecule has 7 nitrogen and oxygen atoms in total. The van der Waals surface area contributed by atoms with E-state index in [9.17, 15) is 26.8 Å². The third kappa shape index (κ3) is 5.27. The van der Waals surface area contributed by atoms with Crippen LogP contribution in [0.3, 0.4) is 0 Å². The van der Waals surface area contributed by atoms with Crippen molar-refractivity contribution >= 4 is 15.9 Å². The molecule has 1 aromatic carbocycles. The average Bonchev–Trinajstić information content (AvgIpc) is 2.67. The lowest BCUT2D eigenvalue weighted by Crippen LogP contribution is -2.35. The first-order chi connectivity index (χ1) is 13.6. The van der Waals surface area contributed by atoms with Gasteiger partial charge >= 0.3 is 0 Å². The molecule has 1 aromatic heterocycles. The number of hydrogen-bond donors (Lipinski definition) is 0. The number of sulfonamides is 1. The molecule has 0 saturated carbocycles. The molecule has 0 N–H and O–H groups in total. The molecule has 0 aliphatic carbocycles. The standard InChI is InChI=1S/C19H23F2N3O4S/c1-4-24(5-2)29(27,28)15-7-9-18(25)23(12-15)13-19(26)22(3)11-14-6-8-16(20)17(21)10-14/h6-10,12H,4-5,11,13H2,1-3H3. The molecule has 0 radical (unpaired) electrons. The molecule has 29 heavy (non-hydrogen) atoms. The van der Waals surface area contributed by atoms with Crippen molar-refractivity contribution in [2.45, 2.75) is 31.8 Å². The summed E-state index contributed by atoms with van der Waals surface area (Å²) in [6, 6.07) is 5.62. The van der Waals surface area contributed by atoms with Crippen LogP contribution in [0, 0.1) is 11.6 Å². The third-order valence-corrected chi connectivity index (χ3v) is 6.47. The summed E-state index contributed by atoms with van der Waals surface area (Å²) in [5.74, 6) is -2.50. The van der Waals surface area contributed by atoms with E-state index in [0.29, 0.717) is 5.56 Å². The topological polar surface area (TPSA) is 79.7 Å². The maximum Gasteiger partial charge on any atom is 0.251 e. The molecule has 1 amide bonds. The average molecular weight is 427 g/mol. The summed E-state index contributed by atoms with van der Waals surface area (Å²) >= 11 is 0. The highest BCUT2D eigenvalue weighted by atomic mass is 32.2. The van der Waals surface area contributed by atoms with Gasteiger partial charge in [-0.15, -0.1) is 0 Å². The summed E-state index contributed by atoms with van der Waals surface area (Å²) in [6.45, 7) is 3.56. The van der Waals surface area contributed by atoms with E-state index in [1.165, 1.54) is 28.4 Å². The summed E-state index contributed by atoms with van der Waals surface area (Å²) in [5.41, 5.74) is -0.150. The van der Waals surface area contributed by atoms with Crippen LogP contribution in [0.2, 0.25) is 0 Å². The summed E-state index contributed by atoms with van der Waals surface area (Å²) in [7, 11) is -2.33. The Morgan fingerprint density at radius 3 is 2.31 bits per heavy atom. The monoisotopic (exact) mass is 427 g/mol. The predicted molar refractivity (Wildman–Crippen MR) is 104 cm³/mol. The fourth-order valence-electron chi connectivity index (χ4n) is 2.76. The van der Waals surface area contributed by atoms with Crippen molar-refractivity contribution < 1.29 is 22.0 Å². The zero-order chi connectivity index (χ0) is 21.8. The van der Waals surface area contributed by atoms with E-state index in [1.807, 2.05) is 0 Å². The molecule has 0 aliphatic heterocycles. The smallest absolute Gasteiger partial charge is 0.251 e. The number of rotatable bonds is 8. The third-order valence-electron chi connectivity index (χ3n) is 4.43. The number of benzene rings is 1. The summed E-state index contributed by atoms with van der Waals surface area (Å²) < 4.78 is 53.9. The normalized spacial score (nSPS) is 11.7. The van der Waals surface area contributed by atoms with Gasteiger partial charge in [0, 0.05) is 38.9 Å². The van der Waals surface area contributed by atoms with Crippen molar-refractivity contribution in [2.75, 3.05) is 20.1 Å². The van der Waals surface area contributed by atoms with Crippen molar-refractivity contribution in [3.05, 3.63) is 64.1 Å². The second-order valence-corrected chi connectivity index (χ2v) is 8.36. The van der Waals surface area contributed by atoms with Gasteiger partial charge in [-0.1, -0.05) is 19.9 Å². The van der Waals surface area contributed by atoms with E-state index in [2.05, 4.69) is 0 Å². The second kappa shape index (κ2) is 9.27. The highest BCUT2D eigenvalue weighted by Gasteiger charge is 2.23. The van der Waals surface area contributed by atoms with E-state index in [1.54, 1.807) is 13.8 Å². The quantitative estimate of drug-likeness (QED) is 0.644. The number of nitrogens with zero attached hydrogens (tertiary/aromatic N) is 3. The predicted octanol–water partition coefficient (Wildman–Crippen LogP) is 1.82. The van der Waals surface area contributed by atoms with E-state index in [-0.39, 0.29) is 31.1 Å². The van der Waals surface area contributed by atoms with Crippen LogP contribution in [-0.4, -0.2) is 48.2 Å². The fourth-order valence-corrected chi connectivity index (χ4v) is 4.24. The molecule has 158 valence electrons. The van der Waals surface area contributed by atoms with Crippen LogP contribution in [0.4, 0.5) is 8.78 Å². The number of likely N-dealkylation sites (N-methyl/N-ethyl adjacent to an activating group) is 1. The number of halogens is 2. The van der Waals surface area contributed by atoms with Gasteiger partial charge in [0.2, 0.25) is 15.9 Å². The first-order valence-corrected chi connectivity index (χ1v) is 10.4. The highest BCUT2D eigenvalue weighted by molar-refractivity contribution is 7.89. The molecule has 10 heteroatoms. The van der Waals surface area contributed by atoms with Crippen molar-refractivity contribution in [3.8, 4) is 0 Å². The Balaban J connectivity index is 2.21. The summed E-state index contributed by atoms with van der Waals surface area (Å²) in [4.78, 5) is 25.7. The Bertz CT molecular complexity index is 1050. The van der Waals surface area contributed by atoms with Crippen LogP contribution >= 0.6 is 0 Å². The largest absolute Gasteiger partial charge is 0.340 e. The van der Waals surface area contributed by atoms with Gasteiger partial charge in [-0.3, -0.25) is 9.59 Å². The van der Waals surface area contributed by atoms with Crippen LogP contribution in [0.5, 0.6) is 0 Å². The SMILES string of the molecule is CCN(CC)S(=O)(=O)c1ccc(=O)n(CC(=O)N(C)Cc2ccc(F)c(F)c2)c1. The number of amides is 1. The van der Waals surface area contributed by atoms with Gasteiger partial charge in [0.05, 0.1) is 4.90 Å². The number of carbonyl (C=O) groups is 1. The van der Waals surface area contributed by atoms with E-state index >= 15 is 0 Å². The Labute approximate surface area is 168 Å². The number of aromatic nitrogens is 1. The molecule has 2 rings (SSSR count). The molecule has 2 aromatic rings. The van der Waals surface area contributed by atoms with Gasteiger partial charge < -0.3 is 9.47 Å². The molecule has 0 unspecified atom stereocenters. The molecule has 0 spiro atoms. The van der Waals surface area contributed by atoms with Gasteiger partial charge in [0.1, 0.15) is 6.54 Å². The zero-order valence-corrected chi connectivity index (χ0v) is 17.2. The van der Waals surface area contributed by atoms with Gasteiger partial charge in [0.15, 0.2) is 11.6 Å². The molecule has 0 bridgehead atoms. The summed E-state index contributed by atoms with van der Waals surface area (Å²) in [6.07, 6.45) is 1.14.